The second-order valence-electron chi connectivity index (χ2n) is 5.81. The first-order valence-electron chi connectivity index (χ1n) is 7.77. The number of aryl methyl sites for hydroxylation is 2. The molecule has 0 radical (unpaired) electrons. The van der Waals surface area contributed by atoms with Crippen LogP contribution in [-0.4, -0.2) is 23.4 Å². The Bertz CT molecular complexity index is 576. The molecule has 1 aliphatic rings. The summed E-state index contributed by atoms with van der Waals surface area (Å²) in [6.45, 7) is 0.511. The van der Waals surface area contributed by atoms with Crippen LogP contribution in [0.1, 0.15) is 35.1 Å². The van der Waals surface area contributed by atoms with Crippen LogP contribution in [0.5, 0.6) is 0 Å². The normalized spacial score (nSPS) is 12.3. The van der Waals surface area contributed by atoms with E-state index in [1.807, 2.05) is 0 Å². The number of fused-ring (bicyclic) bond motifs is 3. The predicted octanol–water partition coefficient (Wildman–Crippen LogP) is 3.11. The Labute approximate surface area is 126 Å². The minimum absolute atomic E-state index is 0.255. The zero-order valence-corrected chi connectivity index (χ0v) is 12.3. The summed E-state index contributed by atoms with van der Waals surface area (Å²) in [7, 11) is 0. The van der Waals surface area contributed by atoms with E-state index in [1.54, 1.807) is 0 Å². The first kappa shape index (κ1) is 14.3. The Morgan fingerprint density at radius 1 is 0.714 bits per heavy atom. The number of rotatable bonds is 6. The molecule has 0 heterocycles. The summed E-state index contributed by atoms with van der Waals surface area (Å²) in [6, 6.07) is 13.4. The van der Waals surface area contributed by atoms with Gasteiger partial charge in [0.05, 0.1) is 0 Å². The van der Waals surface area contributed by atoms with Crippen molar-refractivity contribution in [3.8, 4) is 11.1 Å². The molecule has 2 heteroatoms. The first-order chi connectivity index (χ1) is 10.3. The summed E-state index contributed by atoms with van der Waals surface area (Å²) in [4.78, 5) is 0. The number of hydrogen-bond acceptors (Lipinski definition) is 2. The summed E-state index contributed by atoms with van der Waals surface area (Å²) >= 11 is 0. The molecule has 2 aromatic carbocycles. The van der Waals surface area contributed by atoms with Gasteiger partial charge in [-0.05, 0) is 65.5 Å². The van der Waals surface area contributed by atoms with Crippen LogP contribution in [-0.2, 0) is 19.3 Å². The molecule has 0 saturated heterocycles. The van der Waals surface area contributed by atoms with E-state index >= 15 is 0 Å². The average Bonchev–Trinajstić information content (AvgIpc) is 2.87. The average molecular weight is 282 g/mol. The number of hydrogen-bond donors (Lipinski definition) is 2. The molecule has 0 bridgehead atoms. The van der Waals surface area contributed by atoms with Crippen LogP contribution in [0, 0.1) is 0 Å². The van der Waals surface area contributed by atoms with E-state index in [9.17, 15) is 0 Å². The molecule has 2 N–H and O–H groups in total. The van der Waals surface area contributed by atoms with Crippen LogP contribution >= 0.6 is 0 Å². The second-order valence-corrected chi connectivity index (χ2v) is 5.81. The lowest BCUT2D eigenvalue weighted by atomic mass is 10.00. The molecule has 3 rings (SSSR count). The van der Waals surface area contributed by atoms with Crippen molar-refractivity contribution in [2.75, 3.05) is 13.2 Å². The van der Waals surface area contributed by atoms with Gasteiger partial charge in [-0.2, -0.15) is 0 Å². The molecule has 0 spiro atoms. The molecular weight excluding hydrogens is 260 g/mol. The van der Waals surface area contributed by atoms with Gasteiger partial charge in [0.15, 0.2) is 0 Å². The van der Waals surface area contributed by atoms with Crippen molar-refractivity contribution in [1.29, 1.82) is 0 Å². The van der Waals surface area contributed by atoms with Crippen molar-refractivity contribution in [2.24, 2.45) is 0 Å². The minimum atomic E-state index is 0.255. The van der Waals surface area contributed by atoms with E-state index in [4.69, 9.17) is 10.2 Å². The smallest absolute Gasteiger partial charge is 0.0434 e. The Hall–Kier alpha value is -1.64. The van der Waals surface area contributed by atoms with Crippen molar-refractivity contribution in [1.82, 2.24) is 0 Å². The SMILES string of the molecule is OCCCc1ccc2c(c1)Cc1cc(CCCO)ccc1-2. The highest BCUT2D eigenvalue weighted by Crippen LogP contribution is 2.37. The van der Waals surface area contributed by atoms with Crippen LogP contribution in [0.2, 0.25) is 0 Å². The van der Waals surface area contributed by atoms with Gasteiger partial charge < -0.3 is 10.2 Å². The van der Waals surface area contributed by atoms with Gasteiger partial charge in [0.25, 0.3) is 0 Å². The van der Waals surface area contributed by atoms with E-state index in [2.05, 4.69) is 36.4 Å². The van der Waals surface area contributed by atoms with E-state index in [0.717, 1.165) is 32.1 Å². The number of benzene rings is 2. The van der Waals surface area contributed by atoms with E-state index in [-0.39, 0.29) is 13.2 Å². The predicted molar refractivity (Wildman–Crippen MR) is 85.5 cm³/mol. The third-order valence-electron chi connectivity index (χ3n) is 4.26. The fourth-order valence-corrected chi connectivity index (χ4v) is 3.19. The van der Waals surface area contributed by atoms with Crippen molar-refractivity contribution in [2.45, 2.75) is 32.1 Å². The molecule has 110 valence electrons. The van der Waals surface area contributed by atoms with Gasteiger partial charge in [0.1, 0.15) is 0 Å². The van der Waals surface area contributed by atoms with Crippen LogP contribution in [0.3, 0.4) is 0 Å². The fourth-order valence-electron chi connectivity index (χ4n) is 3.19. The van der Waals surface area contributed by atoms with E-state index in [1.165, 1.54) is 33.4 Å². The third-order valence-corrected chi connectivity index (χ3v) is 4.26. The lowest BCUT2D eigenvalue weighted by Crippen LogP contribution is -1.91. The summed E-state index contributed by atoms with van der Waals surface area (Å²) < 4.78 is 0. The first-order valence-corrected chi connectivity index (χ1v) is 7.77. The van der Waals surface area contributed by atoms with Crippen LogP contribution in [0.15, 0.2) is 36.4 Å². The zero-order chi connectivity index (χ0) is 14.7. The molecule has 21 heavy (non-hydrogen) atoms. The molecule has 0 atom stereocenters. The van der Waals surface area contributed by atoms with Gasteiger partial charge in [-0.1, -0.05) is 36.4 Å². The topological polar surface area (TPSA) is 40.5 Å². The maximum Gasteiger partial charge on any atom is 0.0434 e. The molecule has 0 aromatic heterocycles. The van der Waals surface area contributed by atoms with Crippen LogP contribution < -0.4 is 0 Å². The molecule has 0 amide bonds. The molecular formula is C19H22O2. The second kappa shape index (κ2) is 6.42. The maximum atomic E-state index is 8.95. The van der Waals surface area contributed by atoms with Gasteiger partial charge >= 0.3 is 0 Å². The van der Waals surface area contributed by atoms with E-state index < -0.39 is 0 Å². The van der Waals surface area contributed by atoms with E-state index in [0.29, 0.717) is 0 Å². The Kier molecular flexibility index (Phi) is 4.37. The highest BCUT2D eigenvalue weighted by molar-refractivity contribution is 5.77. The largest absolute Gasteiger partial charge is 0.396 e. The highest BCUT2D eigenvalue weighted by atomic mass is 16.3. The molecule has 0 saturated carbocycles. The molecule has 0 unspecified atom stereocenters. The standard InChI is InChI=1S/C19H22O2/c20-9-1-3-14-5-7-18-16(11-14)13-17-12-15(4-2-10-21)6-8-19(17)18/h5-8,11-12,20-21H,1-4,9-10,13H2. The summed E-state index contributed by atoms with van der Waals surface area (Å²) in [5.41, 5.74) is 8.14. The van der Waals surface area contributed by atoms with Gasteiger partial charge in [-0.3, -0.25) is 0 Å². The van der Waals surface area contributed by atoms with Crippen molar-refractivity contribution in [3.63, 3.8) is 0 Å². The monoisotopic (exact) mass is 282 g/mol. The van der Waals surface area contributed by atoms with Crippen LogP contribution in [0.4, 0.5) is 0 Å². The Balaban J connectivity index is 1.83. The summed E-state index contributed by atoms with van der Waals surface area (Å²) in [6.07, 6.45) is 4.56. The van der Waals surface area contributed by atoms with Crippen molar-refractivity contribution >= 4 is 0 Å². The zero-order valence-electron chi connectivity index (χ0n) is 12.3. The Morgan fingerprint density at radius 2 is 1.19 bits per heavy atom. The van der Waals surface area contributed by atoms with Crippen LogP contribution in [0.25, 0.3) is 11.1 Å². The van der Waals surface area contributed by atoms with Gasteiger partial charge in [0, 0.05) is 13.2 Å². The highest BCUT2D eigenvalue weighted by Gasteiger charge is 2.18. The summed E-state index contributed by atoms with van der Waals surface area (Å²) in [5, 5.41) is 17.9. The Morgan fingerprint density at radius 3 is 1.62 bits per heavy atom. The third kappa shape index (κ3) is 3.02. The number of aliphatic hydroxyl groups is 2. The van der Waals surface area contributed by atoms with Crippen molar-refractivity contribution in [3.05, 3.63) is 58.7 Å². The molecule has 1 aliphatic carbocycles. The van der Waals surface area contributed by atoms with Gasteiger partial charge in [-0.15, -0.1) is 0 Å². The molecule has 0 fully saturated rings. The minimum Gasteiger partial charge on any atom is -0.396 e. The van der Waals surface area contributed by atoms with Crippen molar-refractivity contribution < 1.29 is 10.2 Å². The molecule has 2 aromatic rings. The lowest BCUT2D eigenvalue weighted by Gasteiger charge is -2.05. The molecule has 0 aliphatic heterocycles. The summed E-state index contributed by atoms with van der Waals surface area (Å²) in [5.74, 6) is 0. The fraction of sp³-hybridized carbons (Fsp3) is 0.368. The lowest BCUT2D eigenvalue weighted by molar-refractivity contribution is 0.288. The number of aliphatic hydroxyl groups excluding tert-OH is 2. The van der Waals surface area contributed by atoms with Gasteiger partial charge in [0.2, 0.25) is 0 Å². The molecule has 2 nitrogen and oxygen atoms in total. The maximum absolute atomic E-state index is 8.95. The van der Waals surface area contributed by atoms with Gasteiger partial charge in [-0.25, -0.2) is 0 Å². The quantitative estimate of drug-likeness (QED) is 0.729.